The second kappa shape index (κ2) is 6.38. The predicted molar refractivity (Wildman–Crippen MR) is 97.0 cm³/mol. The molecule has 2 aromatic carbocycles. The Hall–Kier alpha value is -1.58. The van der Waals surface area contributed by atoms with E-state index in [1.54, 1.807) is 12.1 Å². The Labute approximate surface area is 147 Å². The molecule has 24 heavy (non-hydrogen) atoms. The van der Waals surface area contributed by atoms with Gasteiger partial charge in [0.25, 0.3) is 0 Å². The van der Waals surface area contributed by atoms with E-state index in [-0.39, 0.29) is 11.4 Å². The van der Waals surface area contributed by atoms with Crippen LogP contribution in [0, 0.1) is 5.82 Å². The summed E-state index contributed by atoms with van der Waals surface area (Å²) in [7, 11) is 0. The minimum Gasteiger partial charge on any atom is -0.366 e. The van der Waals surface area contributed by atoms with Gasteiger partial charge in [-0.05, 0) is 36.1 Å². The van der Waals surface area contributed by atoms with Gasteiger partial charge in [-0.3, -0.25) is 4.90 Å². The summed E-state index contributed by atoms with van der Waals surface area (Å²) in [6.07, 6.45) is 2.41. The van der Waals surface area contributed by atoms with Gasteiger partial charge in [-0.2, -0.15) is 0 Å². The molecule has 4 rings (SSSR count). The van der Waals surface area contributed by atoms with Gasteiger partial charge in [0.2, 0.25) is 0 Å². The minimum atomic E-state index is -0.113. The molecule has 1 aliphatic carbocycles. The van der Waals surface area contributed by atoms with Crippen LogP contribution >= 0.6 is 11.6 Å². The zero-order valence-corrected chi connectivity index (χ0v) is 14.5. The van der Waals surface area contributed by atoms with Crippen LogP contribution in [0.1, 0.15) is 24.0 Å². The number of halogens is 2. The van der Waals surface area contributed by atoms with Gasteiger partial charge in [0.1, 0.15) is 5.82 Å². The van der Waals surface area contributed by atoms with Crippen molar-refractivity contribution >= 4 is 17.3 Å². The van der Waals surface area contributed by atoms with E-state index in [9.17, 15) is 4.39 Å². The molecule has 0 aromatic heterocycles. The fraction of sp³-hybridized carbons (Fsp3) is 0.400. The molecule has 2 aliphatic rings. The highest BCUT2D eigenvalue weighted by Crippen LogP contribution is 2.45. The van der Waals surface area contributed by atoms with Crippen LogP contribution in [0.25, 0.3) is 0 Å². The highest BCUT2D eigenvalue weighted by molar-refractivity contribution is 6.17. The van der Waals surface area contributed by atoms with Gasteiger partial charge in [0, 0.05) is 37.6 Å². The van der Waals surface area contributed by atoms with Gasteiger partial charge >= 0.3 is 0 Å². The van der Waals surface area contributed by atoms with Crippen molar-refractivity contribution in [3.8, 4) is 0 Å². The highest BCUT2D eigenvalue weighted by atomic mass is 35.5. The first-order valence-corrected chi connectivity index (χ1v) is 9.12. The third-order valence-electron chi connectivity index (χ3n) is 5.37. The lowest BCUT2D eigenvalue weighted by molar-refractivity contribution is 0.149. The summed E-state index contributed by atoms with van der Waals surface area (Å²) in [5, 5.41) is 0. The van der Waals surface area contributed by atoms with Crippen molar-refractivity contribution in [2.45, 2.75) is 30.8 Å². The van der Waals surface area contributed by atoms with Crippen LogP contribution in [-0.2, 0) is 12.4 Å². The van der Waals surface area contributed by atoms with Gasteiger partial charge in [-0.15, -0.1) is 11.6 Å². The number of para-hydroxylation sites is 1. The number of piperazine rings is 1. The third-order valence-corrected chi connectivity index (χ3v) is 5.68. The Morgan fingerprint density at radius 3 is 2.33 bits per heavy atom. The van der Waals surface area contributed by atoms with E-state index < -0.39 is 0 Å². The van der Waals surface area contributed by atoms with Gasteiger partial charge < -0.3 is 4.90 Å². The molecule has 0 amide bonds. The largest absolute Gasteiger partial charge is 0.366 e. The maximum absolute atomic E-state index is 14.1. The predicted octanol–water partition coefficient (Wildman–Crippen LogP) is 4.42. The minimum absolute atomic E-state index is 0.113. The van der Waals surface area contributed by atoms with E-state index >= 15 is 0 Å². The first-order valence-electron chi connectivity index (χ1n) is 8.58. The summed E-state index contributed by atoms with van der Waals surface area (Å²) >= 11 is 5.87. The Kier molecular flexibility index (Phi) is 4.23. The smallest absolute Gasteiger partial charge is 0.146 e. The van der Waals surface area contributed by atoms with Gasteiger partial charge in [0.15, 0.2) is 0 Å². The summed E-state index contributed by atoms with van der Waals surface area (Å²) in [6.45, 7) is 3.75. The highest BCUT2D eigenvalue weighted by Gasteiger charge is 2.51. The zero-order valence-electron chi connectivity index (χ0n) is 13.7. The molecule has 1 spiro atoms. The van der Waals surface area contributed by atoms with Gasteiger partial charge in [-0.1, -0.05) is 36.4 Å². The first-order chi connectivity index (χ1) is 11.7. The molecule has 2 fully saturated rings. The molecule has 0 N–H and O–H groups in total. The Bertz CT molecular complexity index is 712. The standard InChI is InChI=1S/C20H22ClFN2/c21-13-16-5-7-17(8-6-16)14-24-12-11-23(15-20(24)9-10-20)19-4-2-1-3-18(19)22/h1-8H,9-15H2. The van der Waals surface area contributed by atoms with E-state index in [1.807, 2.05) is 12.1 Å². The van der Waals surface area contributed by atoms with Crippen LogP contribution in [0.2, 0.25) is 0 Å². The van der Waals surface area contributed by atoms with Crippen LogP contribution in [-0.4, -0.2) is 30.1 Å². The molecular weight excluding hydrogens is 323 g/mol. The average Bonchev–Trinajstić information content (AvgIpc) is 3.38. The molecule has 126 valence electrons. The van der Waals surface area contributed by atoms with E-state index in [1.165, 1.54) is 18.4 Å². The summed E-state index contributed by atoms with van der Waals surface area (Å²) in [4.78, 5) is 4.80. The molecule has 0 radical (unpaired) electrons. The molecule has 1 saturated carbocycles. The monoisotopic (exact) mass is 344 g/mol. The Morgan fingerprint density at radius 1 is 0.958 bits per heavy atom. The molecule has 1 aliphatic heterocycles. The second-order valence-electron chi connectivity index (χ2n) is 6.97. The molecule has 4 heteroatoms. The quantitative estimate of drug-likeness (QED) is 0.757. The van der Waals surface area contributed by atoms with Crippen molar-refractivity contribution in [1.29, 1.82) is 0 Å². The number of rotatable bonds is 4. The molecule has 1 heterocycles. The fourth-order valence-corrected chi connectivity index (χ4v) is 3.92. The number of hydrogen-bond donors (Lipinski definition) is 0. The van der Waals surface area contributed by atoms with Crippen molar-refractivity contribution in [1.82, 2.24) is 4.90 Å². The molecule has 0 unspecified atom stereocenters. The Balaban J connectivity index is 1.47. The Morgan fingerprint density at radius 2 is 1.67 bits per heavy atom. The fourth-order valence-electron chi connectivity index (χ4n) is 3.75. The first kappa shape index (κ1) is 15.9. The maximum Gasteiger partial charge on any atom is 0.146 e. The van der Waals surface area contributed by atoms with Crippen LogP contribution < -0.4 is 4.90 Å². The van der Waals surface area contributed by atoms with Crippen molar-refractivity contribution in [2.24, 2.45) is 0 Å². The van der Waals surface area contributed by atoms with Gasteiger partial charge in [0.05, 0.1) is 5.69 Å². The van der Waals surface area contributed by atoms with Crippen molar-refractivity contribution in [3.05, 3.63) is 65.5 Å². The second-order valence-corrected chi connectivity index (χ2v) is 7.24. The van der Waals surface area contributed by atoms with Crippen molar-refractivity contribution in [2.75, 3.05) is 24.5 Å². The number of hydrogen-bond acceptors (Lipinski definition) is 2. The third kappa shape index (κ3) is 3.03. The molecule has 2 aromatic rings. The number of benzene rings is 2. The molecule has 2 nitrogen and oxygen atoms in total. The molecular formula is C20H22ClFN2. The number of anilines is 1. The summed E-state index contributed by atoms with van der Waals surface area (Å²) in [5.74, 6) is 0.448. The lowest BCUT2D eigenvalue weighted by Gasteiger charge is -2.43. The lowest BCUT2D eigenvalue weighted by atomic mass is 10.1. The summed E-state index contributed by atoms with van der Waals surface area (Å²) in [6, 6.07) is 15.7. The van der Waals surface area contributed by atoms with E-state index in [4.69, 9.17) is 11.6 Å². The topological polar surface area (TPSA) is 6.48 Å². The van der Waals surface area contributed by atoms with Crippen LogP contribution in [0.3, 0.4) is 0 Å². The van der Waals surface area contributed by atoms with E-state index in [2.05, 4.69) is 34.1 Å². The normalized spacial score (nSPS) is 19.7. The van der Waals surface area contributed by atoms with Crippen LogP contribution in [0.5, 0.6) is 0 Å². The number of alkyl halides is 1. The molecule has 0 atom stereocenters. The zero-order chi connectivity index (χ0) is 16.6. The van der Waals surface area contributed by atoms with Crippen LogP contribution in [0.15, 0.2) is 48.5 Å². The summed E-state index contributed by atoms with van der Waals surface area (Å²) in [5.41, 5.74) is 3.46. The van der Waals surface area contributed by atoms with Crippen molar-refractivity contribution in [3.63, 3.8) is 0 Å². The van der Waals surface area contributed by atoms with Crippen molar-refractivity contribution < 1.29 is 4.39 Å². The molecule has 1 saturated heterocycles. The molecule has 0 bridgehead atoms. The van der Waals surface area contributed by atoms with Crippen LogP contribution in [0.4, 0.5) is 10.1 Å². The number of nitrogens with zero attached hydrogens (tertiary/aromatic N) is 2. The van der Waals surface area contributed by atoms with E-state index in [0.29, 0.717) is 5.88 Å². The lowest BCUT2D eigenvalue weighted by Crippen LogP contribution is -2.54. The summed E-state index contributed by atoms with van der Waals surface area (Å²) < 4.78 is 14.1. The maximum atomic E-state index is 14.1. The van der Waals surface area contributed by atoms with E-state index in [0.717, 1.165) is 37.4 Å². The van der Waals surface area contributed by atoms with Gasteiger partial charge in [-0.25, -0.2) is 4.39 Å². The SMILES string of the molecule is Fc1ccccc1N1CCN(Cc2ccc(CCl)cc2)C2(CC2)C1. The average molecular weight is 345 g/mol.